The standard InChI is InChI=1S/C19H13FN6OS/c1-11-14-10-15(17(27)21-19-23-22-16-4-2-3-9-25(16)19)28-18(14)26(24-11)13-7-5-12(20)6-8-13/h2-10H,1H3,(H,21,23,27). The molecule has 0 unspecified atom stereocenters. The van der Waals surface area contributed by atoms with E-state index in [1.54, 1.807) is 33.5 Å². The second kappa shape index (κ2) is 6.24. The number of hydrogen-bond acceptors (Lipinski definition) is 5. The fourth-order valence-corrected chi connectivity index (χ4v) is 4.08. The first kappa shape index (κ1) is 16.6. The van der Waals surface area contributed by atoms with Crippen molar-refractivity contribution < 1.29 is 9.18 Å². The number of anilines is 1. The summed E-state index contributed by atoms with van der Waals surface area (Å²) in [5.74, 6) is -0.227. The predicted molar refractivity (Wildman–Crippen MR) is 105 cm³/mol. The van der Waals surface area contributed by atoms with Crippen molar-refractivity contribution in [2.45, 2.75) is 6.92 Å². The van der Waals surface area contributed by atoms with E-state index < -0.39 is 0 Å². The number of fused-ring (bicyclic) bond motifs is 2. The van der Waals surface area contributed by atoms with E-state index in [-0.39, 0.29) is 11.7 Å². The zero-order valence-corrected chi connectivity index (χ0v) is 15.4. The smallest absolute Gasteiger partial charge is 0.268 e. The fraction of sp³-hybridized carbons (Fsp3) is 0.0526. The number of nitrogens with one attached hydrogen (secondary N) is 1. The van der Waals surface area contributed by atoms with Gasteiger partial charge in [0.2, 0.25) is 5.95 Å². The topological polar surface area (TPSA) is 77.1 Å². The molecule has 1 amide bonds. The number of aryl methyl sites for hydroxylation is 1. The molecule has 7 nitrogen and oxygen atoms in total. The molecule has 1 N–H and O–H groups in total. The maximum atomic E-state index is 13.2. The zero-order valence-electron chi connectivity index (χ0n) is 14.6. The molecule has 0 fully saturated rings. The van der Waals surface area contributed by atoms with E-state index in [9.17, 15) is 9.18 Å². The SMILES string of the molecule is Cc1nn(-c2ccc(F)cc2)c2sc(C(=O)Nc3nnc4ccccn34)cc12. The summed E-state index contributed by atoms with van der Waals surface area (Å²) in [7, 11) is 0. The largest absolute Gasteiger partial charge is 0.289 e. The number of thiophene rings is 1. The van der Waals surface area contributed by atoms with Gasteiger partial charge in [0.15, 0.2) is 5.65 Å². The molecule has 0 radical (unpaired) electrons. The van der Waals surface area contributed by atoms with Crippen LogP contribution in [0.15, 0.2) is 54.7 Å². The lowest BCUT2D eigenvalue weighted by Gasteiger charge is -2.02. The lowest BCUT2D eigenvalue weighted by Crippen LogP contribution is -2.12. The molecule has 0 saturated heterocycles. The number of halogens is 1. The molecule has 4 heterocycles. The molecule has 5 rings (SSSR count). The second-order valence-corrected chi connectivity index (χ2v) is 7.24. The highest BCUT2D eigenvalue weighted by Gasteiger charge is 2.18. The van der Waals surface area contributed by atoms with Crippen molar-refractivity contribution >= 4 is 39.1 Å². The van der Waals surface area contributed by atoms with Crippen molar-refractivity contribution in [2.24, 2.45) is 0 Å². The van der Waals surface area contributed by atoms with Gasteiger partial charge < -0.3 is 0 Å². The molecular formula is C19H13FN6OS. The van der Waals surface area contributed by atoms with Gasteiger partial charge in [-0.15, -0.1) is 21.5 Å². The van der Waals surface area contributed by atoms with Crippen molar-refractivity contribution in [1.29, 1.82) is 0 Å². The normalized spacial score (nSPS) is 11.4. The van der Waals surface area contributed by atoms with Gasteiger partial charge in [0, 0.05) is 11.6 Å². The highest BCUT2D eigenvalue weighted by atomic mass is 32.1. The summed E-state index contributed by atoms with van der Waals surface area (Å²) in [6.07, 6.45) is 1.78. The Labute approximate surface area is 162 Å². The second-order valence-electron chi connectivity index (χ2n) is 6.21. The van der Waals surface area contributed by atoms with Crippen molar-refractivity contribution in [2.75, 3.05) is 5.32 Å². The third-order valence-corrected chi connectivity index (χ3v) is 5.49. The van der Waals surface area contributed by atoms with Crippen molar-refractivity contribution in [1.82, 2.24) is 24.4 Å². The Morgan fingerprint density at radius 3 is 2.79 bits per heavy atom. The number of nitrogens with zero attached hydrogens (tertiary/aromatic N) is 5. The molecule has 9 heteroatoms. The van der Waals surface area contributed by atoms with Crippen LogP contribution in [0.2, 0.25) is 0 Å². The van der Waals surface area contributed by atoms with Gasteiger partial charge in [-0.25, -0.2) is 9.07 Å². The number of aromatic nitrogens is 5. The van der Waals surface area contributed by atoms with Gasteiger partial charge in [-0.2, -0.15) is 5.10 Å². The van der Waals surface area contributed by atoms with Gasteiger partial charge in [0.05, 0.1) is 16.3 Å². The summed E-state index contributed by atoms with van der Waals surface area (Å²) >= 11 is 1.32. The highest BCUT2D eigenvalue weighted by molar-refractivity contribution is 7.20. The average Bonchev–Trinajstić information content (AvgIpc) is 3.38. The van der Waals surface area contributed by atoms with Crippen molar-refractivity contribution in [3.05, 3.63) is 71.1 Å². The van der Waals surface area contributed by atoms with Crippen molar-refractivity contribution in [3.63, 3.8) is 0 Å². The molecule has 1 aromatic carbocycles. The fourth-order valence-electron chi connectivity index (χ4n) is 3.01. The quantitative estimate of drug-likeness (QED) is 0.506. The van der Waals surface area contributed by atoms with Crippen LogP contribution in [0, 0.1) is 12.7 Å². The summed E-state index contributed by atoms with van der Waals surface area (Å²) in [4.78, 5) is 14.1. The van der Waals surface area contributed by atoms with Crippen LogP contribution in [0.25, 0.3) is 21.6 Å². The van der Waals surface area contributed by atoms with Gasteiger partial charge in [-0.05, 0) is 49.4 Å². The van der Waals surface area contributed by atoms with E-state index >= 15 is 0 Å². The number of pyridine rings is 1. The number of amides is 1. The maximum Gasteiger partial charge on any atom is 0.268 e. The lowest BCUT2D eigenvalue weighted by atomic mass is 10.3. The van der Waals surface area contributed by atoms with Crippen LogP contribution >= 0.6 is 11.3 Å². The molecule has 0 bridgehead atoms. The van der Waals surface area contributed by atoms with Crippen LogP contribution in [-0.2, 0) is 0 Å². The first-order valence-corrected chi connectivity index (χ1v) is 9.28. The van der Waals surface area contributed by atoms with E-state index in [4.69, 9.17) is 0 Å². The monoisotopic (exact) mass is 392 g/mol. The minimum atomic E-state index is -0.310. The van der Waals surface area contributed by atoms with Gasteiger partial charge in [-0.1, -0.05) is 6.07 Å². The first-order valence-electron chi connectivity index (χ1n) is 8.46. The van der Waals surface area contributed by atoms with Crippen LogP contribution in [0.3, 0.4) is 0 Å². The predicted octanol–water partition coefficient (Wildman–Crippen LogP) is 3.83. The Morgan fingerprint density at radius 2 is 1.96 bits per heavy atom. The number of carbonyl (C=O) groups is 1. The minimum absolute atomic E-state index is 0.274. The minimum Gasteiger partial charge on any atom is -0.289 e. The molecule has 0 spiro atoms. The van der Waals surface area contributed by atoms with Crippen LogP contribution in [0.5, 0.6) is 0 Å². The molecule has 138 valence electrons. The maximum absolute atomic E-state index is 13.2. The molecule has 0 atom stereocenters. The summed E-state index contributed by atoms with van der Waals surface area (Å²) in [6, 6.07) is 13.4. The molecule has 5 aromatic rings. The number of hydrogen-bond donors (Lipinski definition) is 1. The molecule has 0 aliphatic heterocycles. The van der Waals surface area contributed by atoms with Gasteiger partial charge in [0.1, 0.15) is 10.6 Å². The number of carbonyl (C=O) groups excluding carboxylic acids is 1. The Kier molecular flexibility index (Phi) is 3.69. The Morgan fingerprint density at radius 1 is 1.14 bits per heavy atom. The zero-order chi connectivity index (χ0) is 19.3. The number of rotatable bonds is 3. The van der Waals surface area contributed by atoms with Gasteiger partial charge in [0.25, 0.3) is 5.91 Å². The molecular weight excluding hydrogens is 379 g/mol. The van der Waals surface area contributed by atoms with E-state index in [0.29, 0.717) is 16.5 Å². The Balaban J connectivity index is 1.52. The van der Waals surface area contributed by atoms with Gasteiger partial charge >= 0.3 is 0 Å². The van der Waals surface area contributed by atoms with E-state index in [2.05, 4.69) is 20.6 Å². The lowest BCUT2D eigenvalue weighted by molar-refractivity contribution is 0.102. The number of benzene rings is 1. The average molecular weight is 392 g/mol. The van der Waals surface area contributed by atoms with Crippen LogP contribution in [0.4, 0.5) is 10.3 Å². The highest BCUT2D eigenvalue weighted by Crippen LogP contribution is 2.30. The van der Waals surface area contributed by atoms with Crippen LogP contribution in [0.1, 0.15) is 15.4 Å². The van der Waals surface area contributed by atoms with E-state index in [0.717, 1.165) is 21.6 Å². The van der Waals surface area contributed by atoms with Crippen LogP contribution < -0.4 is 5.32 Å². The summed E-state index contributed by atoms with van der Waals surface area (Å²) in [5.41, 5.74) is 2.18. The summed E-state index contributed by atoms with van der Waals surface area (Å²) in [5, 5.41) is 16.2. The Bertz CT molecular complexity index is 1330. The first-order chi connectivity index (χ1) is 13.6. The molecule has 28 heavy (non-hydrogen) atoms. The molecule has 0 aliphatic rings. The Hall–Kier alpha value is -3.59. The molecule has 0 saturated carbocycles. The van der Waals surface area contributed by atoms with Gasteiger partial charge in [-0.3, -0.25) is 14.5 Å². The molecule has 0 aliphatic carbocycles. The van der Waals surface area contributed by atoms with E-state index in [1.165, 1.54) is 23.5 Å². The summed E-state index contributed by atoms with van der Waals surface area (Å²) < 4.78 is 16.7. The molecule has 4 aromatic heterocycles. The van der Waals surface area contributed by atoms with Crippen LogP contribution in [-0.4, -0.2) is 30.3 Å². The van der Waals surface area contributed by atoms with Crippen molar-refractivity contribution in [3.8, 4) is 5.69 Å². The summed E-state index contributed by atoms with van der Waals surface area (Å²) in [6.45, 7) is 1.88. The third-order valence-electron chi connectivity index (χ3n) is 4.38. The third kappa shape index (κ3) is 2.64. The van der Waals surface area contributed by atoms with E-state index in [1.807, 2.05) is 25.1 Å².